The Morgan fingerprint density at radius 1 is 1.30 bits per heavy atom. The molecule has 6 nitrogen and oxygen atoms in total. The van der Waals surface area contributed by atoms with Gasteiger partial charge in [0.15, 0.2) is 6.23 Å². The first-order valence-corrected chi connectivity index (χ1v) is 7.90. The van der Waals surface area contributed by atoms with Gasteiger partial charge in [0.1, 0.15) is 0 Å². The van der Waals surface area contributed by atoms with Crippen molar-refractivity contribution in [3.05, 3.63) is 30.1 Å². The number of hydrogen-bond donors (Lipinski definition) is 2. The molecule has 0 radical (unpaired) electrons. The van der Waals surface area contributed by atoms with Crippen LogP contribution in [0.15, 0.2) is 24.4 Å². The van der Waals surface area contributed by atoms with Gasteiger partial charge in [-0.05, 0) is 37.7 Å². The van der Waals surface area contributed by atoms with Gasteiger partial charge >= 0.3 is 7.12 Å². The van der Waals surface area contributed by atoms with Gasteiger partial charge in [-0.2, -0.15) is 5.10 Å². The Bertz CT molecular complexity index is 872. The quantitative estimate of drug-likeness (QED) is 0.697. The second kappa shape index (κ2) is 5.60. The summed E-state index contributed by atoms with van der Waals surface area (Å²) in [7, 11) is -1.49. The zero-order valence-corrected chi connectivity index (χ0v) is 12.9. The molecule has 3 aromatic rings. The molecular weight excluding hydrogens is 293 g/mol. The molecule has 4 rings (SSSR count). The fourth-order valence-corrected chi connectivity index (χ4v) is 3.32. The number of aryl methyl sites for hydroxylation is 1. The zero-order chi connectivity index (χ0) is 16.0. The summed E-state index contributed by atoms with van der Waals surface area (Å²) in [6.07, 6.45) is 4.94. The van der Waals surface area contributed by atoms with Crippen LogP contribution in [0, 0.1) is 6.92 Å². The molecule has 1 atom stereocenters. The number of benzene rings is 1. The van der Waals surface area contributed by atoms with Gasteiger partial charge in [-0.25, -0.2) is 4.68 Å². The Kier molecular flexibility index (Phi) is 3.56. The molecule has 118 valence electrons. The summed E-state index contributed by atoms with van der Waals surface area (Å²) in [5.74, 6) is 0. The van der Waals surface area contributed by atoms with E-state index in [0.717, 1.165) is 53.4 Å². The molecule has 23 heavy (non-hydrogen) atoms. The van der Waals surface area contributed by atoms with Gasteiger partial charge in [0.05, 0.1) is 22.9 Å². The van der Waals surface area contributed by atoms with Gasteiger partial charge < -0.3 is 14.8 Å². The molecule has 1 fully saturated rings. The topological polar surface area (TPSA) is 80.4 Å². The van der Waals surface area contributed by atoms with Crippen LogP contribution in [0.25, 0.3) is 21.8 Å². The molecule has 2 aromatic heterocycles. The van der Waals surface area contributed by atoms with E-state index in [1.807, 2.05) is 17.8 Å². The van der Waals surface area contributed by atoms with E-state index in [0.29, 0.717) is 5.46 Å². The van der Waals surface area contributed by atoms with Crippen LogP contribution in [0.2, 0.25) is 0 Å². The smallest absolute Gasteiger partial charge is 0.423 e. The van der Waals surface area contributed by atoms with Crippen LogP contribution >= 0.6 is 0 Å². The largest absolute Gasteiger partial charge is 0.488 e. The summed E-state index contributed by atoms with van der Waals surface area (Å²) in [6, 6.07) is 5.25. The molecule has 1 aliphatic rings. The number of aromatic nitrogens is 3. The summed E-state index contributed by atoms with van der Waals surface area (Å²) in [5.41, 5.74) is 3.08. The van der Waals surface area contributed by atoms with Crippen molar-refractivity contribution in [1.29, 1.82) is 0 Å². The van der Waals surface area contributed by atoms with Crippen LogP contribution in [0.4, 0.5) is 0 Å². The first kappa shape index (κ1) is 14.6. The highest BCUT2D eigenvalue weighted by molar-refractivity contribution is 6.59. The number of rotatable bonds is 2. The normalized spacial score (nSPS) is 18.7. The Balaban J connectivity index is 1.95. The number of ether oxygens (including phenoxy) is 1. The van der Waals surface area contributed by atoms with E-state index in [-0.39, 0.29) is 6.23 Å². The van der Waals surface area contributed by atoms with E-state index in [2.05, 4.69) is 10.1 Å². The summed E-state index contributed by atoms with van der Waals surface area (Å²) < 4.78 is 7.77. The zero-order valence-electron chi connectivity index (χ0n) is 12.9. The van der Waals surface area contributed by atoms with Crippen LogP contribution in [-0.2, 0) is 4.74 Å². The number of pyridine rings is 1. The second-order valence-electron chi connectivity index (χ2n) is 6.02. The molecule has 0 bridgehead atoms. The molecule has 1 saturated heterocycles. The summed E-state index contributed by atoms with van der Waals surface area (Å²) in [5, 5.41) is 25.4. The van der Waals surface area contributed by atoms with Crippen LogP contribution in [0.5, 0.6) is 0 Å². The van der Waals surface area contributed by atoms with E-state index in [9.17, 15) is 10.0 Å². The van der Waals surface area contributed by atoms with Crippen molar-refractivity contribution in [1.82, 2.24) is 14.8 Å². The Morgan fingerprint density at radius 3 is 2.91 bits per heavy atom. The van der Waals surface area contributed by atoms with Crippen LogP contribution < -0.4 is 5.46 Å². The first-order valence-electron chi connectivity index (χ1n) is 7.90. The van der Waals surface area contributed by atoms with Crippen molar-refractivity contribution < 1.29 is 14.8 Å². The van der Waals surface area contributed by atoms with E-state index in [1.165, 1.54) is 0 Å². The van der Waals surface area contributed by atoms with Gasteiger partial charge in [0.2, 0.25) is 0 Å². The third-order valence-corrected chi connectivity index (χ3v) is 4.46. The van der Waals surface area contributed by atoms with Crippen molar-refractivity contribution >= 4 is 34.4 Å². The monoisotopic (exact) mass is 311 g/mol. The number of hydrogen-bond acceptors (Lipinski definition) is 5. The number of fused-ring (bicyclic) bond motifs is 3. The van der Waals surface area contributed by atoms with E-state index in [4.69, 9.17) is 4.74 Å². The molecule has 1 aliphatic heterocycles. The highest BCUT2D eigenvalue weighted by Crippen LogP contribution is 2.31. The summed E-state index contributed by atoms with van der Waals surface area (Å²) in [4.78, 5) is 4.50. The molecule has 7 heteroatoms. The molecule has 0 aliphatic carbocycles. The highest BCUT2D eigenvalue weighted by atomic mass is 16.5. The molecule has 0 spiro atoms. The molecule has 1 aromatic carbocycles. The van der Waals surface area contributed by atoms with Crippen molar-refractivity contribution in [2.24, 2.45) is 0 Å². The lowest BCUT2D eigenvalue weighted by atomic mass is 9.79. The van der Waals surface area contributed by atoms with Crippen LogP contribution in [0.1, 0.15) is 31.2 Å². The van der Waals surface area contributed by atoms with Gasteiger partial charge in [-0.1, -0.05) is 12.1 Å². The lowest BCUT2D eigenvalue weighted by Gasteiger charge is -2.23. The molecule has 2 N–H and O–H groups in total. The minimum atomic E-state index is -1.49. The lowest BCUT2D eigenvalue weighted by molar-refractivity contribution is -0.0368. The third kappa shape index (κ3) is 2.41. The van der Waals surface area contributed by atoms with Crippen molar-refractivity contribution in [3.63, 3.8) is 0 Å². The SMILES string of the molecule is Cc1nn(C2CCCCO2)c2cnc3ccc(B(O)O)cc3c12. The second-order valence-corrected chi connectivity index (χ2v) is 6.02. The predicted molar refractivity (Wildman–Crippen MR) is 88.4 cm³/mol. The average molecular weight is 311 g/mol. The minimum absolute atomic E-state index is 0.0502. The lowest BCUT2D eigenvalue weighted by Crippen LogP contribution is -2.29. The Morgan fingerprint density at radius 2 is 2.17 bits per heavy atom. The summed E-state index contributed by atoms with van der Waals surface area (Å²) in [6.45, 7) is 2.72. The van der Waals surface area contributed by atoms with E-state index in [1.54, 1.807) is 18.2 Å². The van der Waals surface area contributed by atoms with Gasteiger partial charge in [0, 0.05) is 17.4 Å². The van der Waals surface area contributed by atoms with Crippen molar-refractivity contribution in [3.8, 4) is 0 Å². The molecular formula is C16H18BN3O3. The standard InChI is InChI=1S/C16H18BN3O3/c1-10-16-12-8-11(17(21)22)5-6-13(12)18-9-14(16)20(19-10)15-4-2-3-7-23-15/h5-6,8-9,15,21-22H,2-4,7H2,1H3. The molecule has 1 unspecified atom stereocenters. The van der Waals surface area contributed by atoms with Crippen LogP contribution in [0.3, 0.4) is 0 Å². The van der Waals surface area contributed by atoms with Gasteiger partial charge in [-0.3, -0.25) is 4.98 Å². The predicted octanol–water partition coefficient (Wildman–Crippen LogP) is 1.27. The van der Waals surface area contributed by atoms with Crippen LogP contribution in [-0.4, -0.2) is 38.5 Å². The minimum Gasteiger partial charge on any atom is -0.423 e. The maximum absolute atomic E-state index is 9.43. The molecule has 3 heterocycles. The fourth-order valence-electron chi connectivity index (χ4n) is 3.32. The first-order chi connectivity index (χ1) is 11.1. The van der Waals surface area contributed by atoms with E-state index < -0.39 is 7.12 Å². The molecule has 0 amide bonds. The van der Waals surface area contributed by atoms with Gasteiger partial charge in [0.25, 0.3) is 0 Å². The maximum atomic E-state index is 9.43. The van der Waals surface area contributed by atoms with E-state index >= 15 is 0 Å². The fraction of sp³-hybridized carbons (Fsp3) is 0.375. The molecule has 0 saturated carbocycles. The Labute approximate surface area is 133 Å². The van der Waals surface area contributed by atoms with Crippen molar-refractivity contribution in [2.45, 2.75) is 32.4 Å². The summed E-state index contributed by atoms with van der Waals surface area (Å²) >= 11 is 0. The van der Waals surface area contributed by atoms with Crippen molar-refractivity contribution in [2.75, 3.05) is 6.61 Å². The average Bonchev–Trinajstić information content (AvgIpc) is 2.92. The maximum Gasteiger partial charge on any atom is 0.488 e. The van der Waals surface area contributed by atoms with Gasteiger partial charge in [-0.15, -0.1) is 0 Å². The third-order valence-electron chi connectivity index (χ3n) is 4.46. The Hall–Kier alpha value is -1.96. The highest BCUT2D eigenvalue weighted by Gasteiger charge is 2.22. The number of nitrogens with zero attached hydrogens (tertiary/aromatic N) is 3.